The first-order valence-corrected chi connectivity index (χ1v) is 7.21. The lowest BCUT2D eigenvalue weighted by molar-refractivity contribution is 0.455. The standard InChI is InChI=1S/C12H21N3S/c1-3-16-11-5-4-10(8-11)14-9(2)12-6-7-13-15-12/h6-7,9-11,14H,3-5,8H2,1-2H3,(H,13,15). The molecule has 0 aromatic carbocycles. The molecule has 3 unspecified atom stereocenters. The molecule has 1 fully saturated rings. The minimum atomic E-state index is 0.387. The molecule has 0 spiro atoms. The van der Waals surface area contributed by atoms with Crippen LogP contribution in [-0.4, -0.2) is 27.2 Å². The second-order valence-electron chi connectivity index (χ2n) is 4.49. The Hall–Kier alpha value is -0.480. The summed E-state index contributed by atoms with van der Waals surface area (Å²) in [4.78, 5) is 0. The van der Waals surface area contributed by atoms with Crippen molar-refractivity contribution in [1.29, 1.82) is 0 Å². The van der Waals surface area contributed by atoms with Crippen molar-refractivity contribution in [3.05, 3.63) is 18.0 Å². The molecule has 0 amide bonds. The Bertz CT molecular complexity index is 299. The topological polar surface area (TPSA) is 40.7 Å². The number of hydrogen-bond donors (Lipinski definition) is 2. The molecule has 1 aromatic heterocycles. The van der Waals surface area contributed by atoms with Gasteiger partial charge in [0.15, 0.2) is 0 Å². The summed E-state index contributed by atoms with van der Waals surface area (Å²) in [5.41, 5.74) is 1.19. The molecule has 1 heterocycles. The Morgan fingerprint density at radius 3 is 3.19 bits per heavy atom. The SMILES string of the molecule is CCSC1CCC(NC(C)c2ccn[nH]2)C1. The van der Waals surface area contributed by atoms with E-state index in [9.17, 15) is 0 Å². The molecular formula is C12H21N3S. The number of hydrogen-bond acceptors (Lipinski definition) is 3. The molecular weight excluding hydrogens is 218 g/mol. The Balaban J connectivity index is 1.78. The lowest BCUT2D eigenvalue weighted by Crippen LogP contribution is -2.29. The number of thioether (sulfide) groups is 1. The van der Waals surface area contributed by atoms with Crippen molar-refractivity contribution in [2.45, 2.75) is 50.4 Å². The highest BCUT2D eigenvalue weighted by atomic mass is 32.2. The van der Waals surface area contributed by atoms with Gasteiger partial charge in [-0.25, -0.2) is 0 Å². The Morgan fingerprint density at radius 2 is 2.50 bits per heavy atom. The van der Waals surface area contributed by atoms with Gasteiger partial charge in [-0.3, -0.25) is 5.10 Å². The van der Waals surface area contributed by atoms with Crippen molar-refractivity contribution >= 4 is 11.8 Å². The summed E-state index contributed by atoms with van der Waals surface area (Å²) in [5.74, 6) is 1.24. The first kappa shape index (κ1) is 12.0. The zero-order valence-electron chi connectivity index (χ0n) is 10.1. The molecule has 0 aliphatic heterocycles. The van der Waals surface area contributed by atoms with Gasteiger partial charge in [0, 0.05) is 23.5 Å². The molecule has 1 aliphatic rings. The third-order valence-corrected chi connectivity index (χ3v) is 4.49. The normalized spacial score (nSPS) is 27.1. The van der Waals surface area contributed by atoms with Crippen molar-refractivity contribution in [3.63, 3.8) is 0 Å². The quantitative estimate of drug-likeness (QED) is 0.830. The van der Waals surface area contributed by atoms with Crippen molar-refractivity contribution in [2.75, 3.05) is 5.75 Å². The van der Waals surface area contributed by atoms with E-state index in [0.717, 1.165) is 5.25 Å². The monoisotopic (exact) mass is 239 g/mol. The summed E-state index contributed by atoms with van der Waals surface area (Å²) in [5, 5.41) is 11.6. The lowest BCUT2D eigenvalue weighted by atomic mass is 10.2. The van der Waals surface area contributed by atoms with Crippen LogP contribution in [-0.2, 0) is 0 Å². The van der Waals surface area contributed by atoms with Gasteiger partial charge in [-0.15, -0.1) is 0 Å². The van der Waals surface area contributed by atoms with Gasteiger partial charge in [-0.1, -0.05) is 6.92 Å². The number of H-pyrrole nitrogens is 1. The summed E-state index contributed by atoms with van der Waals surface area (Å²) in [6, 6.07) is 3.12. The van der Waals surface area contributed by atoms with E-state index < -0.39 is 0 Å². The van der Waals surface area contributed by atoms with E-state index in [1.807, 2.05) is 12.3 Å². The molecule has 1 aliphatic carbocycles. The Morgan fingerprint density at radius 1 is 1.62 bits per heavy atom. The molecule has 0 radical (unpaired) electrons. The maximum Gasteiger partial charge on any atom is 0.0518 e. The number of aromatic amines is 1. The smallest absolute Gasteiger partial charge is 0.0518 e. The van der Waals surface area contributed by atoms with E-state index in [4.69, 9.17) is 0 Å². The Labute approximate surface area is 102 Å². The van der Waals surface area contributed by atoms with Crippen LogP contribution >= 0.6 is 11.8 Å². The average molecular weight is 239 g/mol. The molecule has 2 rings (SSSR count). The summed E-state index contributed by atoms with van der Waals surface area (Å²) >= 11 is 2.11. The van der Waals surface area contributed by atoms with Gasteiger partial charge in [0.25, 0.3) is 0 Å². The van der Waals surface area contributed by atoms with Crippen LogP contribution in [0.5, 0.6) is 0 Å². The molecule has 16 heavy (non-hydrogen) atoms. The number of rotatable bonds is 5. The third kappa shape index (κ3) is 3.01. The summed E-state index contributed by atoms with van der Waals surface area (Å²) in [6.45, 7) is 4.45. The van der Waals surface area contributed by atoms with Gasteiger partial charge < -0.3 is 5.32 Å². The predicted molar refractivity (Wildman–Crippen MR) is 69.7 cm³/mol. The highest BCUT2D eigenvalue weighted by molar-refractivity contribution is 7.99. The molecule has 3 nitrogen and oxygen atoms in total. The van der Waals surface area contributed by atoms with Crippen LogP contribution < -0.4 is 5.32 Å². The fraction of sp³-hybridized carbons (Fsp3) is 0.750. The molecule has 4 heteroatoms. The van der Waals surface area contributed by atoms with Gasteiger partial charge >= 0.3 is 0 Å². The number of aromatic nitrogens is 2. The van der Waals surface area contributed by atoms with Crippen LogP contribution in [0.25, 0.3) is 0 Å². The van der Waals surface area contributed by atoms with Gasteiger partial charge in [0.2, 0.25) is 0 Å². The fourth-order valence-corrected chi connectivity index (χ4v) is 3.57. The summed E-state index contributed by atoms with van der Waals surface area (Å²) in [6.07, 6.45) is 5.82. The lowest BCUT2D eigenvalue weighted by Gasteiger charge is -2.18. The minimum Gasteiger partial charge on any atom is -0.306 e. The van der Waals surface area contributed by atoms with Crippen LogP contribution in [0.4, 0.5) is 0 Å². The summed E-state index contributed by atoms with van der Waals surface area (Å²) < 4.78 is 0. The van der Waals surface area contributed by atoms with E-state index in [-0.39, 0.29) is 0 Å². The zero-order chi connectivity index (χ0) is 11.4. The predicted octanol–water partition coefficient (Wildman–Crippen LogP) is 2.73. The molecule has 0 saturated heterocycles. The number of nitrogens with zero attached hydrogens (tertiary/aromatic N) is 1. The largest absolute Gasteiger partial charge is 0.306 e. The van der Waals surface area contributed by atoms with Crippen molar-refractivity contribution in [1.82, 2.24) is 15.5 Å². The number of nitrogens with one attached hydrogen (secondary N) is 2. The highest BCUT2D eigenvalue weighted by Crippen LogP contribution is 2.30. The molecule has 0 bridgehead atoms. The van der Waals surface area contributed by atoms with Crippen molar-refractivity contribution < 1.29 is 0 Å². The molecule has 3 atom stereocenters. The molecule has 90 valence electrons. The van der Waals surface area contributed by atoms with Crippen LogP contribution in [0.3, 0.4) is 0 Å². The van der Waals surface area contributed by atoms with E-state index in [1.54, 1.807) is 0 Å². The average Bonchev–Trinajstić information content (AvgIpc) is 2.89. The van der Waals surface area contributed by atoms with E-state index >= 15 is 0 Å². The van der Waals surface area contributed by atoms with E-state index in [1.165, 1.54) is 30.7 Å². The van der Waals surface area contributed by atoms with Gasteiger partial charge in [-0.05, 0) is 38.0 Å². The molecule has 1 aromatic rings. The summed E-state index contributed by atoms with van der Waals surface area (Å²) in [7, 11) is 0. The van der Waals surface area contributed by atoms with Crippen LogP contribution in [0, 0.1) is 0 Å². The van der Waals surface area contributed by atoms with Crippen LogP contribution in [0.15, 0.2) is 12.3 Å². The first-order valence-electron chi connectivity index (χ1n) is 6.16. The third-order valence-electron chi connectivity index (χ3n) is 3.26. The van der Waals surface area contributed by atoms with Crippen molar-refractivity contribution in [3.8, 4) is 0 Å². The van der Waals surface area contributed by atoms with Gasteiger partial charge in [0.05, 0.1) is 5.69 Å². The van der Waals surface area contributed by atoms with Crippen LogP contribution in [0.2, 0.25) is 0 Å². The zero-order valence-corrected chi connectivity index (χ0v) is 10.9. The first-order chi connectivity index (χ1) is 7.79. The van der Waals surface area contributed by atoms with Gasteiger partial charge in [-0.2, -0.15) is 16.9 Å². The van der Waals surface area contributed by atoms with E-state index in [2.05, 4.69) is 41.1 Å². The van der Waals surface area contributed by atoms with E-state index in [0.29, 0.717) is 12.1 Å². The maximum absolute atomic E-state index is 3.99. The molecule has 2 N–H and O–H groups in total. The van der Waals surface area contributed by atoms with Crippen molar-refractivity contribution in [2.24, 2.45) is 0 Å². The highest BCUT2D eigenvalue weighted by Gasteiger charge is 2.25. The second-order valence-corrected chi connectivity index (χ2v) is 6.07. The molecule has 1 saturated carbocycles. The minimum absolute atomic E-state index is 0.387. The Kier molecular flexibility index (Phi) is 4.29. The maximum atomic E-state index is 3.99. The fourth-order valence-electron chi connectivity index (χ4n) is 2.43. The second kappa shape index (κ2) is 5.73. The van der Waals surface area contributed by atoms with Gasteiger partial charge in [0.1, 0.15) is 0 Å². The van der Waals surface area contributed by atoms with Crippen LogP contribution in [0.1, 0.15) is 44.8 Å².